The van der Waals surface area contributed by atoms with Crippen molar-refractivity contribution >= 4 is 29.0 Å². The van der Waals surface area contributed by atoms with Gasteiger partial charge in [-0.3, -0.25) is 9.97 Å². The van der Waals surface area contributed by atoms with E-state index in [4.69, 9.17) is 11.6 Å². The van der Waals surface area contributed by atoms with Crippen molar-refractivity contribution in [2.75, 3.05) is 6.54 Å². The van der Waals surface area contributed by atoms with Crippen molar-refractivity contribution in [3.63, 3.8) is 0 Å². The molecular weight excluding hydrogens is 398 g/mol. The van der Waals surface area contributed by atoms with Crippen molar-refractivity contribution in [1.82, 2.24) is 14.9 Å². The molecule has 1 aromatic carbocycles. The summed E-state index contributed by atoms with van der Waals surface area (Å²) in [6, 6.07) is 16.4. The molecule has 0 atom stereocenters. The third kappa shape index (κ3) is 5.13. The van der Waals surface area contributed by atoms with Gasteiger partial charge >= 0.3 is 5.97 Å². The van der Waals surface area contributed by atoms with E-state index in [1.165, 1.54) is 18.3 Å². The lowest BCUT2D eigenvalue weighted by Gasteiger charge is -2.29. The van der Waals surface area contributed by atoms with Crippen molar-refractivity contribution in [3.8, 4) is 0 Å². The van der Waals surface area contributed by atoms with Crippen LogP contribution in [0.1, 0.15) is 34.2 Å². The molecule has 0 saturated carbocycles. The molecule has 0 fully saturated rings. The predicted molar refractivity (Wildman–Crippen MR) is 120 cm³/mol. The quantitative estimate of drug-likeness (QED) is 0.529. The molecule has 0 amide bonds. The molecule has 5 nitrogen and oxygen atoms in total. The van der Waals surface area contributed by atoms with Crippen LogP contribution in [-0.2, 0) is 6.42 Å². The zero-order valence-corrected chi connectivity index (χ0v) is 17.4. The van der Waals surface area contributed by atoms with E-state index in [2.05, 4.69) is 16.5 Å². The lowest BCUT2D eigenvalue weighted by molar-refractivity contribution is 0.0696. The van der Waals surface area contributed by atoms with E-state index >= 15 is 0 Å². The number of carboxylic acids is 1. The predicted octanol–water partition coefficient (Wildman–Crippen LogP) is 5.40. The van der Waals surface area contributed by atoms with Gasteiger partial charge in [0.15, 0.2) is 0 Å². The number of carboxylic acid groups (broad SMARTS) is 1. The number of hydrogen-bond donors (Lipinski definition) is 1. The summed E-state index contributed by atoms with van der Waals surface area (Å²) in [5.41, 5.74) is 4.07. The van der Waals surface area contributed by atoms with Crippen molar-refractivity contribution in [3.05, 3.63) is 107 Å². The van der Waals surface area contributed by atoms with E-state index in [0.717, 1.165) is 23.4 Å². The Morgan fingerprint density at radius 1 is 1.10 bits per heavy atom. The van der Waals surface area contributed by atoms with Gasteiger partial charge in [-0.2, -0.15) is 0 Å². The first-order chi connectivity index (χ1) is 14.5. The Kier molecular flexibility index (Phi) is 6.99. The Bertz CT molecular complexity index is 1060. The Morgan fingerprint density at radius 3 is 2.47 bits per heavy atom. The van der Waals surface area contributed by atoms with Crippen molar-refractivity contribution in [2.24, 2.45) is 0 Å². The Labute approximate surface area is 181 Å². The summed E-state index contributed by atoms with van der Waals surface area (Å²) in [4.78, 5) is 22.2. The maximum Gasteiger partial charge on any atom is 0.335 e. The summed E-state index contributed by atoms with van der Waals surface area (Å²) < 4.78 is 0. The Morgan fingerprint density at radius 2 is 1.83 bits per heavy atom. The number of carbonyl (C=O) groups is 1. The molecule has 0 unspecified atom stereocenters. The number of halogens is 1. The van der Waals surface area contributed by atoms with Crippen LogP contribution >= 0.6 is 11.6 Å². The molecule has 30 heavy (non-hydrogen) atoms. The molecule has 0 radical (unpaired) electrons. The molecule has 6 heteroatoms. The fraction of sp³-hybridized carbons (Fsp3) is 0.125. The summed E-state index contributed by atoms with van der Waals surface area (Å²) in [6.07, 6.45) is 5.93. The first-order valence-corrected chi connectivity index (χ1v) is 9.85. The molecule has 152 valence electrons. The normalized spacial score (nSPS) is 11.2. The van der Waals surface area contributed by atoms with E-state index in [1.807, 2.05) is 60.4 Å². The van der Waals surface area contributed by atoms with Crippen LogP contribution in [0.3, 0.4) is 0 Å². The van der Waals surface area contributed by atoms with Gasteiger partial charge in [-0.25, -0.2) is 4.79 Å². The maximum atomic E-state index is 11.4. The van der Waals surface area contributed by atoms with Crippen LogP contribution in [-0.4, -0.2) is 32.5 Å². The highest BCUT2D eigenvalue weighted by Gasteiger charge is 2.18. The lowest BCUT2D eigenvalue weighted by Crippen LogP contribution is -2.24. The SMILES string of the molecule is C=C(c1cc(C(=O)O)ccn1)N(CCc1ccc(Cl)cc1)/C(=C\C)c1ccccn1. The number of nitrogens with zero attached hydrogens (tertiary/aromatic N) is 3. The van der Waals surface area contributed by atoms with Gasteiger partial charge in [0, 0.05) is 24.0 Å². The number of pyridine rings is 2. The van der Waals surface area contributed by atoms with Crippen LogP contribution < -0.4 is 0 Å². The van der Waals surface area contributed by atoms with Crippen LogP contribution in [0, 0.1) is 0 Å². The third-order valence-corrected chi connectivity index (χ3v) is 4.91. The molecule has 1 N–H and O–H groups in total. The molecule has 2 aromatic heterocycles. The van der Waals surface area contributed by atoms with Crippen molar-refractivity contribution in [2.45, 2.75) is 13.3 Å². The van der Waals surface area contributed by atoms with Gasteiger partial charge in [0.25, 0.3) is 0 Å². The van der Waals surface area contributed by atoms with E-state index in [1.54, 1.807) is 6.20 Å². The molecule has 0 aliphatic heterocycles. The summed E-state index contributed by atoms with van der Waals surface area (Å²) >= 11 is 6.00. The second kappa shape index (κ2) is 9.85. The van der Waals surface area contributed by atoms with E-state index in [-0.39, 0.29) is 5.56 Å². The molecule has 0 aliphatic rings. The summed E-state index contributed by atoms with van der Waals surface area (Å²) in [6.45, 7) is 6.77. The molecule has 0 spiro atoms. The average molecular weight is 420 g/mol. The molecule has 0 bridgehead atoms. The van der Waals surface area contributed by atoms with Crippen LogP contribution in [0.25, 0.3) is 11.4 Å². The fourth-order valence-electron chi connectivity index (χ4n) is 3.11. The van der Waals surface area contributed by atoms with E-state index < -0.39 is 5.97 Å². The van der Waals surface area contributed by atoms with Crippen molar-refractivity contribution in [1.29, 1.82) is 0 Å². The van der Waals surface area contributed by atoms with Gasteiger partial charge < -0.3 is 10.0 Å². The maximum absolute atomic E-state index is 11.4. The molecule has 2 heterocycles. The smallest absolute Gasteiger partial charge is 0.335 e. The van der Waals surface area contributed by atoms with Gasteiger partial charge in [-0.1, -0.05) is 42.5 Å². The average Bonchev–Trinajstić information content (AvgIpc) is 2.78. The third-order valence-electron chi connectivity index (χ3n) is 4.66. The Hall–Kier alpha value is -3.44. The summed E-state index contributed by atoms with van der Waals surface area (Å²) in [5, 5.41) is 10.0. The lowest BCUT2D eigenvalue weighted by atomic mass is 10.1. The molecule has 0 saturated heterocycles. The molecule has 3 rings (SSSR count). The molecule has 3 aromatic rings. The standard InChI is InChI=1S/C24H22ClN3O2/c1-3-23(21-6-4-5-13-26-21)28(15-12-18-7-9-20(25)10-8-18)17(2)22-16-19(24(29)30)11-14-27-22/h3-11,13-14,16H,2,12,15H2,1H3,(H,29,30)/b23-3-. The van der Waals surface area contributed by atoms with E-state index in [9.17, 15) is 9.90 Å². The largest absolute Gasteiger partial charge is 0.478 e. The number of hydrogen-bond acceptors (Lipinski definition) is 4. The highest BCUT2D eigenvalue weighted by Crippen LogP contribution is 2.27. The van der Waals surface area contributed by atoms with Gasteiger partial charge in [0.2, 0.25) is 0 Å². The second-order valence-electron chi connectivity index (χ2n) is 6.60. The van der Waals surface area contributed by atoms with Crippen LogP contribution in [0.4, 0.5) is 0 Å². The number of benzene rings is 1. The summed E-state index contributed by atoms with van der Waals surface area (Å²) in [7, 11) is 0. The minimum atomic E-state index is -1.00. The second-order valence-corrected chi connectivity index (χ2v) is 7.04. The van der Waals surface area contributed by atoms with Gasteiger partial charge in [-0.05, 0) is 55.3 Å². The highest BCUT2D eigenvalue weighted by molar-refractivity contribution is 6.30. The highest BCUT2D eigenvalue weighted by atomic mass is 35.5. The van der Waals surface area contributed by atoms with Crippen LogP contribution in [0.2, 0.25) is 5.02 Å². The van der Waals surface area contributed by atoms with Crippen molar-refractivity contribution < 1.29 is 9.90 Å². The van der Waals surface area contributed by atoms with E-state index in [0.29, 0.717) is 23.0 Å². The fourth-order valence-corrected chi connectivity index (χ4v) is 3.23. The van der Waals surface area contributed by atoms with Crippen LogP contribution in [0.5, 0.6) is 0 Å². The molecule has 0 aliphatic carbocycles. The van der Waals surface area contributed by atoms with Gasteiger partial charge in [0.1, 0.15) is 0 Å². The first kappa shape index (κ1) is 21.3. The summed E-state index contributed by atoms with van der Waals surface area (Å²) in [5.74, 6) is -1.00. The number of allylic oxidation sites excluding steroid dienone is 1. The van der Waals surface area contributed by atoms with Gasteiger partial charge in [0.05, 0.1) is 28.3 Å². The van der Waals surface area contributed by atoms with Gasteiger partial charge in [-0.15, -0.1) is 0 Å². The Balaban J connectivity index is 1.95. The number of aromatic carboxylic acids is 1. The molecular formula is C24H22ClN3O2. The zero-order valence-electron chi connectivity index (χ0n) is 16.6. The zero-order chi connectivity index (χ0) is 21.5. The minimum Gasteiger partial charge on any atom is -0.478 e. The van der Waals surface area contributed by atoms with Crippen LogP contribution in [0.15, 0.2) is 79.6 Å². The first-order valence-electron chi connectivity index (χ1n) is 9.48. The monoisotopic (exact) mass is 419 g/mol. The topological polar surface area (TPSA) is 66.3 Å². The number of rotatable bonds is 8. The minimum absolute atomic E-state index is 0.165. The number of aromatic nitrogens is 2.